The van der Waals surface area contributed by atoms with Crippen molar-refractivity contribution in [2.24, 2.45) is 0 Å². The molecule has 0 aromatic carbocycles. The zero-order valence-electron chi connectivity index (χ0n) is 8.99. The van der Waals surface area contributed by atoms with Crippen LogP contribution < -0.4 is 0 Å². The maximum absolute atomic E-state index is 9.81. The van der Waals surface area contributed by atoms with Crippen molar-refractivity contribution >= 4 is 0 Å². The second-order valence-electron chi connectivity index (χ2n) is 4.09. The maximum Gasteiger partial charge on any atom is 0.164 e. The maximum atomic E-state index is 9.81. The number of ether oxygens (including phenoxy) is 2. The van der Waals surface area contributed by atoms with Crippen LogP contribution in [0.4, 0.5) is 0 Å². The second-order valence-corrected chi connectivity index (χ2v) is 4.09. The lowest BCUT2D eigenvalue weighted by molar-refractivity contribution is -0.150. The first-order valence-corrected chi connectivity index (χ1v) is 4.69. The van der Waals surface area contributed by atoms with Gasteiger partial charge in [-0.05, 0) is 26.3 Å². The molecular formula is C11H18O3. The van der Waals surface area contributed by atoms with Crippen LogP contribution in [0.5, 0.6) is 0 Å². The summed E-state index contributed by atoms with van der Waals surface area (Å²) >= 11 is 0. The lowest BCUT2D eigenvalue weighted by atomic mass is 10.0. The highest BCUT2D eigenvalue weighted by Crippen LogP contribution is 2.31. The van der Waals surface area contributed by atoms with Crippen LogP contribution in [0.25, 0.3) is 0 Å². The molecule has 0 aromatic heterocycles. The summed E-state index contributed by atoms with van der Waals surface area (Å²) in [5.74, 6) is -0.667. The predicted octanol–water partition coefficient (Wildman–Crippen LogP) is 1.63. The Morgan fingerprint density at radius 1 is 1.50 bits per heavy atom. The molecule has 14 heavy (non-hydrogen) atoms. The number of aliphatic hydroxyl groups is 1. The van der Waals surface area contributed by atoms with Gasteiger partial charge in [-0.25, -0.2) is 0 Å². The molecular weight excluding hydrogens is 180 g/mol. The largest absolute Gasteiger partial charge is 0.386 e. The summed E-state index contributed by atoms with van der Waals surface area (Å²) in [6.07, 6.45) is 0.252. The van der Waals surface area contributed by atoms with E-state index in [4.69, 9.17) is 9.47 Å². The van der Waals surface area contributed by atoms with Gasteiger partial charge >= 0.3 is 0 Å². The lowest BCUT2D eigenvalue weighted by Crippen LogP contribution is -2.35. The van der Waals surface area contributed by atoms with Crippen LogP contribution in [0.2, 0.25) is 0 Å². The molecule has 1 fully saturated rings. The van der Waals surface area contributed by atoms with Crippen LogP contribution in [-0.2, 0) is 9.47 Å². The van der Waals surface area contributed by atoms with Gasteiger partial charge in [0.2, 0.25) is 0 Å². The molecule has 0 aromatic rings. The third-order valence-corrected chi connectivity index (χ3v) is 2.21. The number of hydrogen-bond donors (Lipinski definition) is 1. The molecule has 0 aliphatic carbocycles. The van der Waals surface area contributed by atoms with Crippen LogP contribution in [0, 0.1) is 0 Å². The molecule has 3 nitrogen and oxygen atoms in total. The SMILES string of the molecule is C=C[C@H]1OC(C)(C)O[C@H]1[C@@H](O)C(=C)C. The van der Waals surface area contributed by atoms with Gasteiger partial charge in [-0.1, -0.05) is 12.7 Å². The van der Waals surface area contributed by atoms with Crippen LogP contribution in [0.1, 0.15) is 20.8 Å². The van der Waals surface area contributed by atoms with Gasteiger partial charge < -0.3 is 14.6 Å². The molecule has 80 valence electrons. The van der Waals surface area contributed by atoms with Crippen molar-refractivity contribution < 1.29 is 14.6 Å². The summed E-state index contributed by atoms with van der Waals surface area (Å²) in [6, 6.07) is 0. The van der Waals surface area contributed by atoms with Gasteiger partial charge in [-0.15, -0.1) is 6.58 Å². The number of rotatable bonds is 3. The van der Waals surface area contributed by atoms with Crippen LogP contribution >= 0.6 is 0 Å². The Morgan fingerprint density at radius 3 is 2.50 bits per heavy atom. The second kappa shape index (κ2) is 3.85. The van der Waals surface area contributed by atoms with Crippen molar-refractivity contribution in [3.8, 4) is 0 Å². The fourth-order valence-corrected chi connectivity index (χ4v) is 1.52. The molecule has 0 saturated carbocycles. The van der Waals surface area contributed by atoms with E-state index in [2.05, 4.69) is 13.2 Å². The molecule has 1 heterocycles. The standard InChI is InChI=1S/C11H18O3/c1-6-8-10(9(12)7(2)3)14-11(4,5)13-8/h6,8-10,12H,1-2H2,3-5H3/t8-,9+,10-/m1/s1. The van der Waals surface area contributed by atoms with Gasteiger partial charge in [0.1, 0.15) is 18.3 Å². The summed E-state index contributed by atoms with van der Waals surface area (Å²) in [7, 11) is 0. The molecule has 0 radical (unpaired) electrons. The van der Waals surface area contributed by atoms with Crippen molar-refractivity contribution in [3.63, 3.8) is 0 Å². The minimum absolute atomic E-state index is 0.281. The first kappa shape index (κ1) is 11.4. The Hall–Kier alpha value is -0.640. The molecule has 0 amide bonds. The molecule has 0 unspecified atom stereocenters. The normalized spacial score (nSPS) is 32.6. The summed E-state index contributed by atoms with van der Waals surface area (Å²) < 4.78 is 11.1. The lowest BCUT2D eigenvalue weighted by Gasteiger charge is -2.21. The van der Waals surface area contributed by atoms with Crippen LogP contribution in [-0.4, -0.2) is 29.2 Å². The van der Waals surface area contributed by atoms with E-state index in [9.17, 15) is 5.11 Å². The Labute approximate surface area is 85.0 Å². The molecule has 3 heteroatoms. The molecule has 3 atom stereocenters. The third-order valence-electron chi connectivity index (χ3n) is 2.21. The Kier molecular flexibility index (Phi) is 3.14. The van der Waals surface area contributed by atoms with E-state index in [0.29, 0.717) is 5.57 Å². The predicted molar refractivity (Wildman–Crippen MR) is 54.8 cm³/mol. The molecule has 1 aliphatic heterocycles. The third kappa shape index (κ3) is 2.23. The van der Waals surface area contributed by atoms with Crippen molar-refractivity contribution in [2.75, 3.05) is 0 Å². The van der Waals surface area contributed by atoms with Crippen molar-refractivity contribution in [2.45, 2.75) is 44.9 Å². The van der Waals surface area contributed by atoms with Gasteiger partial charge in [0.25, 0.3) is 0 Å². The quantitative estimate of drug-likeness (QED) is 0.700. The number of hydrogen-bond acceptors (Lipinski definition) is 3. The van der Waals surface area contributed by atoms with Gasteiger partial charge in [0, 0.05) is 0 Å². The van der Waals surface area contributed by atoms with E-state index in [0.717, 1.165) is 0 Å². The first-order valence-electron chi connectivity index (χ1n) is 4.69. The van der Waals surface area contributed by atoms with E-state index >= 15 is 0 Å². The average molecular weight is 198 g/mol. The zero-order chi connectivity index (χ0) is 10.9. The highest BCUT2D eigenvalue weighted by Gasteiger charge is 2.43. The molecule has 1 aliphatic rings. The molecule has 0 spiro atoms. The minimum atomic E-state index is -0.709. The molecule has 0 bridgehead atoms. The monoisotopic (exact) mass is 198 g/mol. The van der Waals surface area contributed by atoms with Crippen LogP contribution in [0.3, 0.4) is 0 Å². The van der Waals surface area contributed by atoms with Crippen LogP contribution in [0.15, 0.2) is 24.8 Å². The highest BCUT2D eigenvalue weighted by molar-refractivity contribution is 5.07. The summed E-state index contributed by atoms with van der Waals surface area (Å²) in [5, 5.41) is 9.81. The molecule has 1 rings (SSSR count). The van der Waals surface area contributed by atoms with Crippen molar-refractivity contribution in [1.29, 1.82) is 0 Å². The minimum Gasteiger partial charge on any atom is -0.386 e. The van der Waals surface area contributed by atoms with E-state index in [1.54, 1.807) is 13.0 Å². The van der Waals surface area contributed by atoms with Gasteiger partial charge in [0.15, 0.2) is 5.79 Å². The molecule has 1 saturated heterocycles. The topological polar surface area (TPSA) is 38.7 Å². The summed E-state index contributed by atoms with van der Waals surface area (Å²) in [5.41, 5.74) is 0.670. The Balaban J connectivity index is 2.78. The van der Waals surface area contributed by atoms with E-state index < -0.39 is 18.0 Å². The zero-order valence-corrected chi connectivity index (χ0v) is 8.99. The smallest absolute Gasteiger partial charge is 0.164 e. The van der Waals surface area contributed by atoms with Gasteiger partial charge in [-0.2, -0.15) is 0 Å². The fourth-order valence-electron chi connectivity index (χ4n) is 1.52. The fraction of sp³-hybridized carbons (Fsp3) is 0.636. The average Bonchev–Trinajstić information content (AvgIpc) is 2.39. The summed E-state index contributed by atoms with van der Waals surface area (Å²) in [4.78, 5) is 0. The van der Waals surface area contributed by atoms with Crippen molar-refractivity contribution in [3.05, 3.63) is 24.8 Å². The highest BCUT2D eigenvalue weighted by atomic mass is 16.8. The Morgan fingerprint density at radius 2 is 2.07 bits per heavy atom. The number of aliphatic hydroxyl groups excluding tert-OH is 1. The first-order chi connectivity index (χ1) is 6.37. The van der Waals surface area contributed by atoms with Gasteiger partial charge in [-0.3, -0.25) is 0 Å². The van der Waals surface area contributed by atoms with E-state index in [1.807, 2.05) is 13.8 Å². The van der Waals surface area contributed by atoms with E-state index in [1.165, 1.54) is 0 Å². The summed E-state index contributed by atoms with van der Waals surface area (Å²) in [6.45, 7) is 12.7. The van der Waals surface area contributed by atoms with Gasteiger partial charge in [0.05, 0.1) is 0 Å². The Bertz CT molecular complexity index is 245. The van der Waals surface area contributed by atoms with E-state index in [-0.39, 0.29) is 6.10 Å². The van der Waals surface area contributed by atoms with Crippen molar-refractivity contribution in [1.82, 2.24) is 0 Å². The molecule has 1 N–H and O–H groups in total.